The maximum Gasteiger partial charge on any atom is 0.488 e. The Bertz CT molecular complexity index is 280. The van der Waals surface area contributed by atoms with E-state index in [-0.39, 0.29) is 5.46 Å². The average Bonchev–Trinajstić information content (AvgIpc) is 2.04. The van der Waals surface area contributed by atoms with E-state index >= 15 is 0 Å². The zero-order chi connectivity index (χ0) is 9.14. The zero-order valence-corrected chi connectivity index (χ0v) is 6.58. The van der Waals surface area contributed by atoms with E-state index in [4.69, 9.17) is 10.0 Å². The number of halogens is 1. The maximum absolute atomic E-state index is 12.9. The van der Waals surface area contributed by atoms with Gasteiger partial charge in [0.25, 0.3) is 0 Å². The van der Waals surface area contributed by atoms with Crippen molar-refractivity contribution in [2.24, 2.45) is 0 Å². The number of benzene rings is 1. The Labute approximate surface area is 70.0 Å². The molecule has 0 saturated carbocycles. The molecule has 0 unspecified atom stereocenters. The molecule has 1 aromatic rings. The molecular weight excluding hydrogens is 160 g/mol. The van der Waals surface area contributed by atoms with E-state index < -0.39 is 12.9 Å². The van der Waals surface area contributed by atoms with Crippen molar-refractivity contribution in [3.63, 3.8) is 0 Å². The van der Waals surface area contributed by atoms with Crippen molar-refractivity contribution in [1.82, 2.24) is 0 Å². The maximum atomic E-state index is 12.9. The first kappa shape index (κ1) is 9.03. The number of rotatable bonds is 2. The molecule has 1 aromatic carbocycles. The van der Waals surface area contributed by atoms with Gasteiger partial charge in [-0.15, -0.1) is 0 Å². The van der Waals surface area contributed by atoms with E-state index in [0.717, 1.165) is 6.07 Å². The fourth-order valence-electron chi connectivity index (χ4n) is 0.895. The highest BCUT2D eigenvalue weighted by atomic mass is 19.1. The summed E-state index contributed by atoms with van der Waals surface area (Å²) in [5, 5.41) is 20.0. The lowest BCUT2D eigenvalue weighted by Crippen LogP contribution is -2.30. The minimum Gasteiger partial charge on any atom is -0.423 e. The van der Waals surface area contributed by atoms with Crippen LogP contribution in [-0.2, 0) is 0 Å². The van der Waals surface area contributed by atoms with Gasteiger partial charge in [0.2, 0.25) is 0 Å². The molecule has 5 heteroatoms. The van der Waals surface area contributed by atoms with Crippen molar-refractivity contribution in [3.05, 3.63) is 24.0 Å². The normalized spacial score (nSPS) is 9.67. The summed E-state index contributed by atoms with van der Waals surface area (Å²) in [6.07, 6.45) is 0. The molecule has 3 nitrogen and oxygen atoms in total. The van der Waals surface area contributed by atoms with E-state index in [1.165, 1.54) is 12.1 Å². The summed E-state index contributed by atoms with van der Waals surface area (Å²) in [6.45, 7) is 0. The van der Waals surface area contributed by atoms with Crippen LogP contribution in [0.3, 0.4) is 0 Å². The largest absolute Gasteiger partial charge is 0.488 e. The molecule has 0 atom stereocenters. The molecule has 1 rings (SSSR count). The molecule has 0 heterocycles. The van der Waals surface area contributed by atoms with E-state index in [0.29, 0.717) is 5.69 Å². The van der Waals surface area contributed by atoms with Crippen molar-refractivity contribution in [1.29, 1.82) is 0 Å². The van der Waals surface area contributed by atoms with Gasteiger partial charge < -0.3 is 15.4 Å². The first-order valence-electron chi connectivity index (χ1n) is 3.48. The topological polar surface area (TPSA) is 52.5 Å². The standard InChI is InChI=1S/C7H9BFNO2/c1-10-7-3-2-5(8(11)12)4-6(7)9/h2-4,10-12H,1H3. The summed E-state index contributed by atoms with van der Waals surface area (Å²) >= 11 is 0. The fourth-order valence-corrected chi connectivity index (χ4v) is 0.895. The van der Waals surface area contributed by atoms with E-state index in [1.54, 1.807) is 7.05 Å². The van der Waals surface area contributed by atoms with Gasteiger partial charge in [-0.2, -0.15) is 0 Å². The molecule has 0 spiro atoms. The predicted molar refractivity (Wildman–Crippen MR) is 45.8 cm³/mol. The lowest BCUT2D eigenvalue weighted by molar-refractivity contribution is 0.425. The molecule has 0 saturated heterocycles. The van der Waals surface area contributed by atoms with Crippen LogP contribution in [0.5, 0.6) is 0 Å². The molecule has 0 aliphatic carbocycles. The van der Waals surface area contributed by atoms with Crippen molar-refractivity contribution in [2.45, 2.75) is 0 Å². The van der Waals surface area contributed by atoms with Crippen molar-refractivity contribution in [2.75, 3.05) is 12.4 Å². The molecule has 0 aliphatic heterocycles. The summed E-state index contributed by atoms with van der Waals surface area (Å²) in [4.78, 5) is 0. The summed E-state index contributed by atoms with van der Waals surface area (Å²) in [6, 6.07) is 3.97. The van der Waals surface area contributed by atoms with Crippen LogP contribution in [-0.4, -0.2) is 24.2 Å². The molecule has 3 N–H and O–H groups in total. The smallest absolute Gasteiger partial charge is 0.423 e. The van der Waals surface area contributed by atoms with E-state index in [2.05, 4.69) is 5.32 Å². The first-order valence-corrected chi connectivity index (χ1v) is 3.48. The molecular formula is C7H9BFNO2. The van der Waals surface area contributed by atoms with Gasteiger partial charge in [0, 0.05) is 7.05 Å². The Balaban J connectivity index is 3.02. The molecule has 0 aromatic heterocycles. The third-order valence-electron chi connectivity index (χ3n) is 1.56. The van der Waals surface area contributed by atoms with Gasteiger partial charge in [-0.05, 0) is 17.6 Å². The molecule has 0 amide bonds. The quantitative estimate of drug-likeness (QED) is 0.525. The lowest BCUT2D eigenvalue weighted by atomic mass is 9.80. The van der Waals surface area contributed by atoms with E-state index in [9.17, 15) is 4.39 Å². The zero-order valence-electron chi connectivity index (χ0n) is 6.58. The van der Waals surface area contributed by atoms with Crippen LogP contribution in [0.15, 0.2) is 18.2 Å². The van der Waals surface area contributed by atoms with Crippen molar-refractivity contribution in [3.8, 4) is 0 Å². The summed E-state index contributed by atoms with van der Waals surface area (Å²) in [7, 11) is -0.0293. The highest BCUT2D eigenvalue weighted by Gasteiger charge is 2.12. The number of nitrogens with one attached hydrogen (secondary N) is 1. The Morgan fingerprint density at radius 3 is 2.50 bits per heavy atom. The minimum atomic E-state index is -1.62. The molecule has 0 fully saturated rings. The number of anilines is 1. The highest BCUT2D eigenvalue weighted by Crippen LogP contribution is 2.09. The second-order valence-corrected chi connectivity index (χ2v) is 2.36. The summed E-state index contributed by atoms with van der Waals surface area (Å²) in [5.74, 6) is -0.497. The second kappa shape index (κ2) is 3.56. The Kier molecular flexibility index (Phi) is 2.67. The van der Waals surface area contributed by atoms with Crippen LogP contribution in [0.2, 0.25) is 0 Å². The number of hydrogen-bond donors (Lipinski definition) is 3. The monoisotopic (exact) mass is 169 g/mol. The summed E-state index contributed by atoms with van der Waals surface area (Å²) in [5.41, 5.74) is 0.478. The van der Waals surface area contributed by atoms with Crippen LogP contribution in [0.4, 0.5) is 10.1 Å². The Morgan fingerprint density at radius 1 is 1.42 bits per heavy atom. The van der Waals surface area contributed by atoms with Gasteiger partial charge in [0.05, 0.1) is 5.69 Å². The minimum absolute atomic E-state index is 0.145. The van der Waals surface area contributed by atoms with Crippen LogP contribution < -0.4 is 10.8 Å². The molecule has 0 radical (unpaired) electrons. The summed E-state index contributed by atoms with van der Waals surface area (Å²) < 4.78 is 12.9. The average molecular weight is 169 g/mol. The third kappa shape index (κ3) is 1.75. The van der Waals surface area contributed by atoms with Crippen LogP contribution >= 0.6 is 0 Å². The second-order valence-electron chi connectivity index (χ2n) is 2.36. The van der Waals surface area contributed by atoms with Crippen LogP contribution in [0, 0.1) is 5.82 Å². The van der Waals surface area contributed by atoms with Crippen molar-refractivity contribution < 1.29 is 14.4 Å². The molecule has 0 bridgehead atoms. The van der Waals surface area contributed by atoms with Gasteiger partial charge in [0.1, 0.15) is 5.82 Å². The fraction of sp³-hybridized carbons (Fsp3) is 0.143. The van der Waals surface area contributed by atoms with Gasteiger partial charge >= 0.3 is 7.12 Å². The third-order valence-corrected chi connectivity index (χ3v) is 1.56. The highest BCUT2D eigenvalue weighted by molar-refractivity contribution is 6.58. The SMILES string of the molecule is CNc1ccc(B(O)O)cc1F. The van der Waals surface area contributed by atoms with E-state index in [1.807, 2.05) is 0 Å². The predicted octanol–water partition coefficient (Wildman–Crippen LogP) is -0.453. The number of hydrogen-bond acceptors (Lipinski definition) is 3. The van der Waals surface area contributed by atoms with Crippen molar-refractivity contribution >= 4 is 18.3 Å². The van der Waals surface area contributed by atoms with Gasteiger partial charge in [-0.25, -0.2) is 4.39 Å². The van der Waals surface area contributed by atoms with Crippen LogP contribution in [0.1, 0.15) is 0 Å². The van der Waals surface area contributed by atoms with Gasteiger partial charge in [-0.3, -0.25) is 0 Å². The van der Waals surface area contributed by atoms with Gasteiger partial charge in [-0.1, -0.05) is 6.07 Å². The Morgan fingerprint density at radius 2 is 2.08 bits per heavy atom. The molecule has 0 aliphatic rings. The molecule has 64 valence electrons. The Hall–Kier alpha value is -1.07. The van der Waals surface area contributed by atoms with Gasteiger partial charge in [0.15, 0.2) is 0 Å². The molecule has 12 heavy (non-hydrogen) atoms. The lowest BCUT2D eigenvalue weighted by Gasteiger charge is -2.03. The van der Waals surface area contributed by atoms with Crippen LogP contribution in [0.25, 0.3) is 0 Å². The first-order chi connectivity index (χ1) is 5.65.